The van der Waals surface area contributed by atoms with Gasteiger partial charge >= 0.3 is 0 Å². The number of benzene rings is 1. The van der Waals surface area contributed by atoms with Crippen LogP contribution in [0, 0.1) is 10.1 Å². The first-order chi connectivity index (χ1) is 10.5. The maximum atomic E-state index is 11.0. The minimum Gasteiger partial charge on any atom is -0.487 e. The highest BCUT2D eigenvalue weighted by Crippen LogP contribution is 2.23. The molecule has 1 N–H and O–H groups in total. The number of para-hydroxylation sites is 1. The number of hydrogen-bond donors (Lipinski definition) is 1. The van der Waals surface area contributed by atoms with Crippen LogP contribution in [0.4, 0.5) is 5.69 Å². The van der Waals surface area contributed by atoms with Gasteiger partial charge in [0.2, 0.25) is 0 Å². The van der Waals surface area contributed by atoms with E-state index in [1.54, 1.807) is 37.3 Å². The second-order valence-electron chi connectivity index (χ2n) is 4.54. The van der Waals surface area contributed by atoms with Crippen LogP contribution in [-0.4, -0.2) is 16.1 Å². The van der Waals surface area contributed by atoms with Crippen LogP contribution < -0.4 is 0 Å². The molecule has 0 fully saturated rings. The molecule has 0 spiro atoms. The zero-order valence-electron chi connectivity index (χ0n) is 12.2. The van der Waals surface area contributed by atoms with E-state index in [1.165, 1.54) is 12.1 Å². The molecule has 6 heteroatoms. The number of nitrogens with zero attached hydrogens (tertiary/aromatic N) is 1. The van der Waals surface area contributed by atoms with Crippen LogP contribution in [0.2, 0.25) is 0 Å². The van der Waals surface area contributed by atoms with Crippen molar-refractivity contribution in [3.05, 3.63) is 75.5 Å². The lowest BCUT2D eigenvalue weighted by atomic mass is 10.2. The SMILES string of the molecule is C=CC/C(Cl)=C(\C=C/C(C)O)OCc1ccccc1[N+](=O)[O-]. The van der Waals surface area contributed by atoms with Crippen molar-refractivity contribution in [2.45, 2.75) is 26.1 Å². The highest BCUT2D eigenvalue weighted by molar-refractivity contribution is 6.30. The van der Waals surface area contributed by atoms with E-state index in [0.717, 1.165) is 0 Å². The van der Waals surface area contributed by atoms with E-state index >= 15 is 0 Å². The fourth-order valence-corrected chi connectivity index (χ4v) is 1.86. The molecule has 118 valence electrons. The monoisotopic (exact) mass is 323 g/mol. The van der Waals surface area contributed by atoms with Crippen molar-refractivity contribution in [1.29, 1.82) is 0 Å². The second kappa shape index (κ2) is 9.02. The molecule has 22 heavy (non-hydrogen) atoms. The molecule has 0 saturated carbocycles. The predicted octanol–water partition coefficient (Wildman–Crippen LogP) is 4.07. The summed E-state index contributed by atoms with van der Waals surface area (Å²) < 4.78 is 5.58. The first-order valence-electron chi connectivity index (χ1n) is 6.66. The molecule has 0 aromatic heterocycles. The largest absolute Gasteiger partial charge is 0.487 e. The van der Waals surface area contributed by atoms with Gasteiger partial charge in [-0.15, -0.1) is 6.58 Å². The molecule has 5 nitrogen and oxygen atoms in total. The average Bonchev–Trinajstić information content (AvgIpc) is 2.47. The Morgan fingerprint density at radius 1 is 1.55 bits per heavy atom. The Morgan fingerprint density at radius 2 is 2.23 bits per heavy atom. The normalized spacial score (nSPS) is 13.6. The van der Waals surface area contributed by atoms with Crippen LogP contribution in [0.3, 0.4) is 0 Å². The summed E-state index contributed by atoms with van der Waals surface area (Å²) in [5, 5.41) is 20.7. The summed E-state index contributed by atoms with van der Waals surface area (Å²) >= 11 is 6.12. The summed E-state index contributed by atoms with van der Waals surface area (Å²) in [6.07, 6.45) is 4.42. The molecular weight excluding hydrogens is 306 g/mol. The quantitative estimate of drug-likeness (QED) is 0.257. The van der Waals surface area contributed by atoms with Crippen molar-refractivity contribution in [3.63, 3.8) is 0 Å². The second-order valence-corrected chi connectivity index (χ2v) is 4.99. The summed E-state index contributed by atoms with van der Waals surface area (Å²) in [4.78, 5) is 10.5. The number of aliphatic hydroxyl groups excluding tert-OH is 1. The van der Waals surface area contributed by atoms with Crippen molar-refractivity contribution >= 4 is 17.3 Å². The van der Waals surface area contributed by atoms with E-state index in [2.05, 4.69) is 6.58 Å². The number of allylic oxidation sites excluding steroid dienone is 3. The van der Waals surface area contributed by atoms with E-state index in [4.69, 9.17) is 16.3 Å². The third-order valence-corrected chi connectivity index (χ3v) is 3.03. The smallest absolute Gasteiger partial charge is 0.276 e. The molecule has 1 unspecified atom stereocenters. The molecule has 0 saturated heterocycles. The zero-order chi connectivity index (χ0) is 16.5. The highest BCUT2D eigenvalue weighted by atomic mass is 35.5. The molecule has 0 aliphatic rings. The van der Waals surface area contributed by atoms with Crippen LogP contribution >= 0.6 is 11.6 Å². The molecule has 1 rings (SSSR count). The van der Waals surface area contributed by atoms with Gasteiger partial charge < -0.3 is 9.84 Å². The first kappa shape index (κ1) is 17.9. The number of ether oxygens (including phenoxy) is 1. The van der Waals surface area contributed by atoms with Gasteiger partial charge in [0.1, 0.15) is 12.4 Å². The number of nitro groups is 1. The topological polar surface area (TPSA) is 72.6 Å². The van der Waals surface area contributed by atoms with Crippen LogP contribution in [0.15, 0.2) is 59.9 Å². The van der Waals surface area contributed by atoms with Crippen LogP contribution in [0.25, 0.3) is 0 Å². The van der Waals surface area contributed by atoms with Crippen molar-refractivity contribution in [2.75, 3.05) is 0 Å². The van der Waals surface area contributed by atoms with Gasteiger partial charge in [0.05, 0.1) is 21.6 Å². The Kier molecular flexibility index (Phi) is 7.36. The molecule has 1 aromatic carbocycles. The minimum absolute atomic E-state index is 0.00397. The fourth-order valence-electron chi connectivity index (χ4n) is 1.64. The third kappa shape index (κ3) is 5.71. The van der Waals surface area contributed by atoms with Crippen LogP contribution in [0.1, 0.15) is 18.9 Å². The van der Waals surface area contributed by atoms with Gasteiger partial charge in [0.25, 0.3) is 5.69 Å². The van der Waals surface area contributed by atoms with Crippen molar-refractivity contribution in [2.24, 2.45) is 0 Å². The van der Waals surface area contributed by atoms with Gasteiger partial charge in [-0.2, -0.15) is 0 Å². The Labute approximate surface area is 134 Å². The fraction of sp³-hybridized carbons (Fsp3) is 0.250. The van der Waals surface area contributed by atoms with Crippen molar-refractivity contribution in [1.82, 2.24) is 0 Å². The first-order valence-corrected chi connectivity index (χ1v) is 7.04. The molecule has 1 atom stereocenters. The Morgan fingerprint density at radius 3 is 2.82 bits per heavy atom. The van der Waals surface area contributed by atoms with Gasteiger partial charge in [-0.3, -0.25) is 10.1 Å². The van der Waals surface area contributed by atoms with Crippen LogP contribution in [-0.2, 0) is 11.3 Å². The van der Waals surface area contributed by atoms with Gasteiger partial charge in [-0.25, -0.2) is 0 Å². The molecule has 0 aliphatic heterocycles. The van der Waals surface area contributed by atoms with Crippen molar-refractivity contribution in [3.8, 4) is 0 Å². The maximum Gasteiger partial charge on any atom is 0.276 e. The minimum atomic E-state index is -0.655. The highest BCUT2D eigenvalue weighted by Gasteiger charge is 2.13. The van der Waals surface area contributed by atoms with E-state index in [-0.39, 0.29) is 12.3 Å². The van der Waals surface area contributed by atoms with E-state index in [9.17, 15) is 15.2 Å². The molecule has 0 aliphatic carbocycles. The van der Waals surface area contributed by atoms with Gasteiger partial charge in [-0.1, -0.05) is 35.9 Å². The van der Waals surface area contributed by atoms with E-state index < -0.39 is 11.0 Å². The van der Waals surface area contributed by atoms with Gasteiger partial charge in [0, 0.05) is 12.5 Å². The lowest BCUT2D eigenvalue weighted by molar-refractivity contribution is -0.385. The number of hydrogen-bond acceptors (Lipinski definition) is 4. The Hall–Kier alpha value is -2.11. The number of rotatable bonds is 8. The summed E-state index contributed by atoms with van der Waals surface area (Å²) in [6, 6.07) is 6.33. The number of nitro benzene ring substituents is 1. The maximum absolute atomic E-state index is 11.0. The summed E-state index contributed by atoms with van der Waals surface area (Å²) in [7, 11) is 0. The molecule has 0 bridgehead atoms. The number of halogens is 1. The lowest BCUT2D eigenvalue weighted by Gasteiger charge is -2.10. The lowest BCUT2D eigenvalue weighted by Crippen LogP contribution is -2.00. The molecule has 1 aromatic rings. The predicted molar refractivity (Wildman–Crippen MR) is 86.4 cm³/mol. The van der Waals surface area contributed by atoms with E-state index in [1.807, 2.05) is 0 Å². The summed E-state index contributed by atoms with van der Waals surface area (Å²) in [5.74, 6) is 0.348. The standard InChI is InChI=1S/C16H18ClNO4/c1-3-6-14(17)16(10-9-12(2)19)22-11-13-7-4-5-8-15(13)18(20)21/h3-5,7-10,12,19H,1,6,11H2,2H3/b10-9-,16-14-. The Bertz CT molecular complexity index is 594. The molecule has 0 radical (unpaired) electrons. The van der Waals surface area contributed by atoms with Gasteiger partial charge in [-0.05, 0) is 19.1 Å². The van der Waals surface area contributed by atoms with Gasteiger partial charge in [0.15, 0.2) is 0 Å². The number of aliphatic hydroxyl groups is 1. The Balaban J connectivity index is 2.95. The molecule has 0 amide bonds. The van der Waals surface area contributed by atoms with Crippen molar-refractivity contribution < 1.29 is 14.8 Å². The van der Waals surface area contributed by atoms with Crippen LogP contribution in [0.5, 0.6) is 0 Å². The zero-order valence-corrected chi connectivity index (χ0v) is 13.0. The third-order valence-electron chi connectivity index (χ3n) is 2.69. The molecule has 0 heterocycles. The average molecular weight is 324 g/mol. The summed E-state index contributed by atoms with van der Waals surface area (Å²) in [6.45, 7) is 5.20. The summed E-state index contributed by atoms with van der Waals surface area (Å²) in [5.41, 5.74) is 0.430. The molecular formula is C16H18ClNO4. The van der Waals surface area contributed by atoms with E-state index in [0.29, 0.717) is 22.8 Å².